The lowest BCUT2D eigenvalue weighted by molar-refractivity contribution is -0.156. The zero-order valence-electron chi connectivity index (χ0n) is 11.3. The fourth-order valence-electron chi connectivity index (χ4n) is 1.95. The van der Waals surface area contributed by atoms with Gasteiger partial charge in [-0.25, -0.2) is 4.79 Å². The van der Waals surface area contributed by atoms with E-state index >= 15 is 0 Å². The van der Waals surface area contributed by atoms with Gasteiger partial charge in [-0.05, 0) is 30.7 Å². The summed E-state index contributed by atoms with van der Waals surface area (Å²) in [7, 11) is 0. The third-order valence-corrected chi connectivity index (χ3v) is 3.73. The Hall–Kier alpha value is -1.55. The summed E-state index contributed by atoms with van der Waals surface area (Å²) in [4.78, 5) is 12.3. The van der Waals surface area contributed by atoms with E-state index in [-0.39, 0.29) is 17.0 Å². The van der Waals surface area contributed by atoms with Crippen LogP contribution in [0.3, 0.4) is 0 Å². The van der Waals surface area contributed by atoms with Gasteiger partial charge in [0, 0.05) is 15.6 Å². The van der Waals surface area contributed by atoms with Crippen molar-refractivity contribution < 1.29 is 14.6 Å². The highest BCUT2D eigenvalue weighted by atomic mass is 35.5. The molecule has 0 fully saturated rings. The second kappa shape index (κ2) is 6.48. The molecule has 0 aromatic heterocycles. The average molecular weight is 325 g/mol. The second-order valence-electron chi connectivity index (χ2n) is 4.54. The third kappa shape index (κ3) is 3.38. The number of hydrogen-bond acceptors (Lipinski definition) is 3. The van der Waals surface area contributed by atoms with Gasteiger partial charge < -0.3 is 9.84 Å². The highest BCUT2D eigenvalue weighted by Crippen LogP contribution is 2.34. The molecule has 0 bridgehead atoms. The van der Waals surface area contributed by atoms with Gasteiger partial charge in [-0.1, -0.05) is 54.4 Å². The smallest absolute Gasteiger partial charge is 0.348 e. The molecular formula is C16H14Cl2O3. The number of para-hydroxylation sites is 1. The van der Waals surface area contributed by atoms with Crippen LogP contribution in [-0.4, -0.2) is 11.1 Å². The summed E-state index contributed by atoms with van der Waals surface area (Å²) in [5, 5.41) is 11.3. The van der Waals surface area contributed by atoms with Crippen molar-refractivity contribution in [2.24, 2.45) is 0 Å². The minimum absolute atomic E-state index is 0.125. The van der Waals surface area contributed by atoms with Crippen LogP contribution in [0.25, 0.3) is 0 Å². The van der Waals surface area contributed by atoms with Crippen LogP contribution >= 0.6 is 23.2 Å². The van der Waals surface area contributed by atoms with Gasteiger partial charge in [-0.2, -0.15) is 0 Å². The maximum atomic E-state index is 12.3. The molecule has 2 aromatic carbocycles. The maximum Gasteiger partial charge on any atom is 0.348 e. The lowest BCUT2D eigenvalue weighted by Crippen LogP contribution is -2.38. The summed E-state index contributed by atoms with van der Waals surface area (Å²) >= 11 is 11.9. The molecule has 21 heavy (non-hydrogen) atoms. The van der Waals surface area contributed by atoms with E-state index in [4.69, 9.17) is 27.9 Å². The summed E-state index contributed by atoms with van der Waals surface area (Å²) < 4.78 is 5.23. The minimum atomic E-state index is -1.82. The number of hydrogen-bond donors (Lipinski definition) is 1. The molecule has 1 atom stereocenters. The number of rotatable bonds is 4. The van der Waals surface area contributed by atoms with E-state index < -0.39 is 11.6 Å². The normalized spacial score (nSPS) is 13.5. The molecule has 2 rings (SSSR count). The van der Waals surface area contributed by atoms with Crippen LogP contribution in [0, 0.1) is 0 Å². The van der Waals surface area contributed by atoms with Crippen molar-refractivity contribution in [2.75, 3.05) is 0 Å². The maximum absolute atomic E-state index is 12.3. The number of carbonyl (C=O) groups excluding carboxylic acids is 1. The molecule has 0 saturated heterocycles. The fraction of sp³-hybridized carbons (Fsp3) is 0.188. The van der Waals surface area contributed by atoms with Gasteiger partial charge in [-0.3, -0.25) is 0 Å². The highest BCUT2D eigenvalue weighted by molar-refractivity contribution is 6.35. The van der Waals surface area contributed by atoms with Crippen LogP contribution in [0.4, 0.5) is 0 Å². The van der Waals surface area contributed by atoms with Crippen molar-refractivity contribution in [1.29, 1.82) is 0 Å². The molecule has 3 nitrogen and oxygen atoms in total. The van der Waals surface area contributed by atoms with Gasteiger partial charge >= 0.3 is 5.97 Å². The van der Waals surface area contributed by atoms with Gasteiger partial charge in [-0.15, -0.1) is 0 Å². The first kappa shape index (κ1) is 15.8. The summed E-state index contributed by atoms with van der Waals surface area (Å²) in [5.74, 6) is -0.417. The first-order valence-electron chi connectivity index (χ1n) is 6.42. The highest BCUT2D eigenvalue weighted by Gasteiger charge is 2.40. The van der Waals surface area contributed by atoms with Crippen molar-refractivity contribution >= 4 is 29.2 Å². The van der Waals surface area contributed by atoms with Gasteiger partial charge in [0.05, 0.1) is 0 Å². The van der Waals surface area contributed by atoms with E-state index in [9.17, 15) is 9.90 Å². The Bertz CT molecular complexity index is 643. The molecule has 110 valence electrons. The molecule has 1 N–H and O–H groups in total. The topological polar surface area (TPSA) is 46.5 Å². The van der Waals surface area contributed by atoms with Gasteiger partial charge in [0.1, 0.15) is 5.75 Å². The molecule has 0 spiro atoms. The molecule has 0 aliphatic rings. The van der Waals surface area contributed by atoms with Gasteiger partial charge in [0.2, 0.25) is 0 Å². The average Bonchev–Trinajstić information content (AvgIpc) is 2.47. The van der Waals surface area contributed by atoms with Crippen molar-refractivity contribution in [3.8, 4) is 5.75 Å². The number of carbonyl (C=O) groups is 1. The van der Waals surface area contributed by atoms with Crippen LogP contribution in [0.2, 0.25) is 10.0 Å². The monoisotopic (exact) mass is 324 g/mol. The van der Waals surface area contributed by atoms with E-state index in [1.54, 1.807) is 43.3 Å². The zero-order chi connectivity index (χ0) is 15.5. The standard InChI is InChI=1S/C16H14Cl2O3/c1-2-16(20,13-9-8-11(17)10-14(13)18)15(19)21-12-6-4-3-5-7-12/h3-10,20H,2H2,1H3. The summed E-state index contributed by atoms with van der Waals surface area (Å²) in [6.07, 6.45) is 0.125. The number of ether oxygens (including phenoxy) is 1. The Balaban J connectivity index is 2.34. The summed E-state index contributed by atoms with van der Waals surface area (Å²) in [5.41, 5.74) is -1.55. The molecule has 0 aliphatic carbocycles. The first-order valence-corrected chi connectivity index (χ1v) is 7.18. The predicted octanol–water partition coefficient (Wildman–Crippen LogP) is 4.20. The Labute approximate surface area is 133 Å². The Morgan fingerprint density at radius 1 is 1.19 bits per heavy atom. The minimum Gasteiger partial charge on any atom is -0.424 e. The van der Waals surface area contributed by atoms with E-state index in [2.05, 4.69) is 0 Å². The van der Waals surface area contributed by atoms with Crippen LogP contribution in [0.1, 0.15) is 18.9 Å². The van der Waals surface area contributed by atoms with E-state index in [1.807, 2.05) is 0 Å². The van der Waals surface area contributed by atoms with Crippen molar-refractivity contribution in [3.05, 3.63) is 64.1 Å². The fourth-order valence-corrected chi connectivity index (χ4v) is 2.51. The number of aliphatic hydroxyl groups is 1. The van der Waals surface area contributed by atoms with Crippen LogP contribution < -0.4 is 4.74 Å². The van der Waals surface area contributed by atoms with Crippen molar-refractivity contribution in [2.45, 2.75) is 18.9 Å². The van der Waals surface area contributed by atoms with Crippen molar-refractivity contribution in [3.63, 3.8) is 0 Å². The predicted molar refractivity (Wildman–Crippen MR) is 82.7 cm³/mol. The van der Waals surface area contributed by atoms with Gasteiger partial charge in [0.25, 0.3) is 0 Å². The molecule has 0 aliphatic heterocycles. The zero-order valence-corrected chi connectivity index (χ0v) is 12.9. The number of esters is 1. The van der Waals surface area contributed by atoms with E-state index in [0.717, 1.165) is 0 Å². The van der Waals surface area contributed by atoms with Gasteiger partial charge in [0.15, 0.2) is 5.60 Å². The molecule has 0 heterocycles. The second-order valence-corrected chi connectivity index (χ2v) is 5.38. The Morgan fingerprint density at radius 2 is 1.86 bits per heavy atom. The number of benzene rings is 2. The van der Waals surface area contributed by atoms with E-state index in [0.29, 0.717) is 10.8 Å². The SMILES string of the molecule is CCC(O)(C(=O)Oc1ccccc1)c1ccc(Cl)cc1Cl. The largest absolute Gasteiger partial charge is 0.424 e. The van der Waals surface area contributed by atoms with Crippen molar-refractivity contribution in [1.82, 2.24) is 0 Å². The van der Waals surface area contributed by atoms with Crippen LogP contribution in [0.15, 0.2) is 48.5 Å². The molecule has 1 unspecified atom stereocenters. The van der Waals surface area contributed by atoms with Crippen LogP contribution in [-0.2, 0) is 10.4 Å². The third-order valence-electron chi connectivity index (χ3n) is 3.18. The quantitative estimate of drug-likeness (QED) is 0.677. The molecule has 0 amide bonds. The summed E-state index contributed by atoms with van der Waals surface area (Å²) in [6.45, 7) is 1.68. The Kier molecular flexibility index (Phi) is 4.88. The molecular weight excluding hydrogens is 311 g/mol. The number of halogens is 2. The van der Waals surface area contributed by atoms with Crippen LogP contribution in [0.5, 0.6) is 5.75 Å². The van der Waals surface area contributed by atoms with E-state index in [1.165, 1.54) is 12.1 Å². The lowest BCUT2D eigenvalue weighted by atomic mass is 9.91. The molecule has 0 saturated carbocycles. The lowest BCUT2D eigenvalue weighted by Gasteiger charge is -2.26. The first-order chi connectivity index (χ1) is 9.97. The molecule has 5 heteroatoms. The Morgan fingerprint density at radius 3 is 2.43 bits per heavy atom. The molecule has 0 radical (unpaired) electrons. The summed E-state index contributed by atoms with van der Waals surface area (Å²) in [6, 6.07) is 13.1. The molecule has 2 aromatic rings.